The fraction of sp³-hybridized carbons (Fsp3) is 0.345. The lowest BCUT2D eigenvalue weighted by Crippen LogP contribution is -2.44. The van der Waals surface area contributed by atoms with E-state index in [9.17, 15) is 14.4 Å². The third-order valence-electron chi connectivity index (χ3n) is 6.45. The Labute approximate surface area is 218 Å². The van der Waals surface area contributed by atoms with Gasteiger partial charge in [-0.25, -0.2) is 0 Å². The minimum absolute atomic E-state index is 0.0167. The molecule has 2 atom stereocenters. The predicted molar refractivity (Wildman–Crippen MR) is 148 cm³/mol. The summed E-state index contributed by atoms with van der Waals surface area (Å²) in [5, 5.41) is 10.7. The molecule has 3 aromatic rings. The van der Waals surface area contributed by atoms with Crippen LogP contribution in [0.1, 0.15) is 38.3 Å². The number of nitrogens with one attached hydrogen (secondary N) is 3. The third-order valence-corrected chi connectivity index (χ3v) is 6.45. The van der Waals surface area contributed by atoms with E-state index in [4.69, 9.17) is 4.74 Å². The normalized spacial score (nSPS) is 12.5. The molecule has 196 valence electrons. The molecule has 0 radical (unpaired) electrons. The number of nitrogens with zero attached hydrogens (tertiary/aromatic N) is 1. The van der Waals surface area contributed by atoms with Crippen molar-refractivity contribution in [1.82, 2.24) is 10.6 Å². The Morgan fingerprint density at radius 1 is 1.08 bits per heavy atom. The van der Waals surface area contributed by atoms with Gasteiger partial charge in [0.05, 0.1) is 19.7 Å². The molecule has 3 rings (SSSR count). The molecule has 0 heterocycles. The second-order valence-electron chi connectivity index (χ2n) is 9.18. The monoisotopic (exact) mass is 504 g/mol. The van der Waals surface area contributed by atoms with Crippen LogP contribution in [0, 0.1) is 0 Å². The number of hydrogen-bond donors (Lipinski definition) is 3. The first kappa shape index (κ1) is 27.7. The van der Waals surface area contributed by atoms with Gasteiger partial charge >= 0.3 is 0 Å². The van der Waals surface area contributed by atoms with Gasteiger partial charge in [0.2, 0.25) is 18.2 Å². The van der Waals surface area contributed by atoms with E-state index in [1.165, 1.54) is 6.92 Å². The van der Waals surface area contributed by atoms with Crippen LogP contribution in [0.3, 0.4) is 0 Å². The van der Waals surface area contributed by atoms with Gasteiger partial charge < -0.3 is 25.6 Å². The van der Waals surface area contributed by atoms with E-state index in [-0.39, 0.29) is 23.9 Å². The number of hydrogen-bond acceptors (Lipinski definition) is 5. The summed E-state index contributed by atoms with van der Waals surface area (Å²) in [6.45, 7) is 5.59. The summed E-state index contributed by atoms with van der Waals surface area (Å²) >= 11 is 0. The Morgan fingerprint density at radius 3 is 2.51 bits per heavy atom. The number of aryl methyl sites for hydroxylation is 1. The van der Waals surface area contributed by atoms with Crippen LogP contribution in [0.4, 0.5) is 11.4 Å². The number of benzene rings is 3. The van der Waals surface area contributed by atoms with Gasteiger partial charge in [-0.05, 0) is 74.3 Å². The average Bonchev–Trinajstić information content (AvgIpc) is 2.89. The van der Waals surface area contributed by atoms with Crippen molar-refractivity contribution in [1.29, 1.82) is 0 Å². The summed E-state index contributed by atoms with van der Waals surface area (Å²) in [6, 6.07) is 17.0. The van der Waals surface area contributed by atoms with Crippen LogP contribution in [0.5, 0.6) is 5.75 Å². The Bertz CT molecular complexity index is 1260. The highest BCUT2D eigenvalue weighted by Gasteiger charge is 2.18. The maximum absolute atomic E-state index is 12.3. The Balaban J connectivity index is 1.86. The van der Waals surface area contributed by atoms with Crippen molar-refractivity contribution in [2.75, 3.05) is 24.4 Å². The van der Waals surface area contributed by atoms with Gasteiger partial charge in [-0.3, -0.25) is 14.4 Å². The molecule has 0 spiro atoms. The van der Waals surface area contributed by atoms with Crippen molar-refractivity contribution in [2.24, 2.45) is 0 Å². The van der Waals surface area contributed by atoms with Gasteiger partial charge in [0.25, 0.3) is 0 Å². The van der Waals surface area contributed by atoms with E-state index >= 15 is 0 Å². The van der Waals surface area contributed by atoms with E-state index in [1.807, 2.05) is 68.4 Å². The molecule has 1 unspecified atom stereocenters. The number of likely N-dealkylation sites (N-methyl/N-ethyl adjacent to an activating group) is 1. The molecule has 3 N–H and O–H groups in total. The third kappa shape index (κ3) is 7.07. The lowest BCUT2D eigenvalue weighted by molar-refractivity contribution is -0.123. The minimum atomic E-state index is -0.259. The number of para-hydroxylation sites is 1. The quantitative estimate of drug-likeness (QED) is 0.324. The summed E-state index contributed by atoms with van der Waals surface area (Å²) in [5.74, 6) is 0.504. The van der Waals surface area contributed by atoms with Crippen LogP contribution in [-0.4, -0.2) is 44.5 Å². The SMILES string of the molecule is CN[C@@H](C)C(=O)NC(C)CCc1ccccc1N(C=O)Cc1c(OC)ccc2cc(NC(C)=O)ccc12. The molecule has 0 saturated carbocycles. The number of carbonyl (C=O) groups is 3. The zero-order valence-corrected chi connectivity index (χ0v) is 22.1. The number of anilines is 2. The number of methoxy groups -OCH3 is 1. The lowest BCUT2D eigenvalue weighted by Gasteiger charge is -2.24. The zero-order chi connectivity index (χ0) is 26.9. The predicted octanol–water partition coefficient (Wildman–Crippen LogP) is 4.02. The molecule has 0 bridgehead atoms. The van der Waals surface area contributed by atoms with Crippen molar-refractivity contribution in [3.8, 4) is 5.75 Å². The molecule has 0 aromatic heterocycles. The standard InChI is InChI=1S/C29H36N4O4/c1-19(31-29(36)20(2)30-4)10-11-22-8-6-7-9-27(22)33(18-34)17-26-25-14-13-24(32-21(3)35)16-23(25)12-15-28(26)37-5/h6-9,12-16,18-20,30H,10-11,17H2,1-5H3,(H,31,36)(H,32,35)/t19?,20-/m0/s1. The molecule has 0 aliphatic rings. The van der Waals surface area contributed by atoms with Gasteiger partial charge in [-0.1, -0.05) is 30.3 Å². The van der Waals surface area contributed by atoms with Crippen molar-refractivity contribution in [2.45, 2.75) is 52.2 Å². The summed E-state index contributed by atoms with van der Waals surface area (Å²) in [5.41, 5.74) is 3.41. The van der Waals surface area contributed by atoms with Gasteiger partial charge in [0.1, 0.15) is 5.75 Å². The van der Waals surface area contributed by atoms with Gasteiger partial charge in [0, 0.05) is 29.9 Å². The summed E-state index contributed by atoms with van der Waals surface area (Å²) in [4.78, 5) is 37.7. The van der Waals surface area contributed by atoms with E-state index in [1.54, 1.807) is 19.1 Å². The topological polar surface area (TPSA) is 99.8 Å². The Kier molecular flexibility index (Phi) is 9.63. The average molecular weight is 505 g/mol. The highest BCUT2D eigenvalue weighted by Crippen LogP contribution is 2.33. The first-order chi connectivity index (χ1) is 17.8. The fourth-order valence-electron chi connectivity index (χ4n) is 4.30. The number of ether oxygens (including phenoxy) is 1. The van der Waals surface area contributed by atoms with Crippen LogP contribution in [0.15, 0.2) is 54.6 Å². The summed E-state index contributed by atoms with van der Waals surface area (Å²) in [7, 11) is 3.37. The first-order valence-electron chi connectivity index (χ1n) is 12.4. The second-order valence-corrected chi connectivity index (χ2v) is 9.18. The molecule has 0 aliphatic heterocycles. The maximum Gasteiger partial charge on any atom is 0.237 e. The summed E-state index contributed by atoms with van der Waals surface area (Å²) in [6.07, 6.45) is 2.26. The number of rotatable bonds is 12. The molecular weight excluding hydrogens is 468 g/mol. The molecule has 0 saturated heterocycles. The summed E-state index contributed by atoms with van der Waals surface area (Å²) < 4.78 is 5.65. The lowest BCUT2D eigenvalue weighted by atomic mass is 10.0. The van der Waals surface area contributed by atoms with Crippen molar-refractivity contribution in [3.05, 3.63) is 65.7 Å². The van der Waals surface area contributed by atoms with E-state index < -0.39 is 0 Å². The van der Waals surface area contributed by atoms with Gasteiger partial charge in [0.15, 0.2) is 0 Å². The molecule has 0 fully saturated rings. The maximum atomic E-state index is 12.3. The van der Waals surface area contributed by atoms with Crippen molar-refractivity contribution in [3.63, 3.8) is 0 Å². The Hall–Kier alpha value is -3.91. The van der Waals surface area contributed by atoms with Crippen molar-refractivity contribution < 1.29 is 19.1 Å². The number of fused-ring (bicyclic) bond motifs is 1. The molecule has 8 nitrogen and oxygen atoms in total. The first-order valence-corrected chi connectivity index (χ1v) is 12.4. The molecule has 3 aromatic carbocycles. The molecule has 37 heavy (non-hydrogen) atoms. The highest BCUT2D eigenvalue weighted by atomic mass is 16.5. The highest BCUT2D eigenvalue weighted by molar-refractivity contribution is 5.95. The molecule has 0 aliphatic carbocycles. The fourth-order valence-corrected chi connectivity index (χ4v) is 4.30. The zero-order valence-electron chi connectivity index (χ0n) is 22.1. The smallest absolute Gasteiger partial charge is 0.237 e. The van der Waals surface area contributed by atoms with Crippen LogP contribution in [0.25, 0.3) is 10.8 Å². The van der Waals surface area contributed by atoms with Gasteiger partial charge in [-0.15, -0.1) is 0 Å². The van der Waals surface area contributed by atoms with Crippen LogP contribution >= 0.6 is 0 Å². The second kappa shape index (κ2) is 12.9. The Morgan fingerprint density at radius 2 is 1.84 bits per heavy atom. The van der Waals surface area contributed by atoms with Gasteiger partial charge in [-0.2, -0.15) is 0 Å². The van der Waals surface area contributed by atoms with E-state index in [0.717, 1.165) is 40.4 Å². The van der Waals surface area contributed by atoms with E-state index in [2.05, 4.69) is 16.0 Å². The number of amides is 3. The largest absolute Gasteiger partial charge is 0.496 e. The van der Waals surface area contributed by atoms with Crippen LogP contribution < -0.4 is 25.6 Å². The molecular formula is C29H36N4O4. The minimum Gasteiger partial charge on any atom is -0.496 e. The van der Waals surface area contributed by atoms with Crippen molar-refractivity contribution >= 4 is 40.4 Å². The molecule has 8 heteroatoms. The van der Waals surface area contributed by atoms with E-state index in [0.29, 0.717) is 24.4 Å². The van der Waals surface area contributed by atoms with Crippen LogP contribution in [-0.2, 0) is 27.3 Å². The number of carbonyl (C=O) groups excluding carboxylic acids is 3. The molecule has 3 amide bonds. The van der Waals surface area contributed by atoms with Crippen LogP contribution in [0.2, 0.25) is 0 Å².